The van der Waals surface area contributed by atoms with Gasteiger partial charge < -0.3 is 4.90 Å². The smallest absolute Gasteiger partial charge is 0.335 e. The Labute approximate surface area is 149 Å². The summed E-state index contributed by atoms with van der Waals surface area (Å²) in [6, 6.07) is 2.85. The van der Waals surface area contributed by atoms with Gasteiger partial charge in [0, 0.05) is 23.8 Å². The highest BCUT2D eigenvalue weighted by atomic mass is 79.9. The van der Waals surface area contributed by atoms with Gasteiger partial charge in [0.1, 0.15) is 5.57 Å². The largest absolute Gasteiger partial charge is 0.377 e. The molecule has 1 saturated heterocycles. The van der Waals surface area contributed by atoms with E-state index in [-0.39, 0.29) is 5.57 Å². The van der Waals surface area contributed by atoms with E-state index in [2.05, 4.69) is 21.2 Å². The number of urea groups is 1. The second-order valence-corrected chi connectivity index (χ2v) is 6.41. The molecule has 0 unspecified atom stereocenters. The average molecular weight is 394 g/mol. The molecule has 1 heterocycles. The first-order valence-electron chi connectivity index (χ1n) is 7.72. The molecule has 1 fully saturated rings. The second kappa shape index (κ2) is 7.17. The SMILES string of the molecule is CCN(/C=C1/C(=O)NC(=O)N(c2cc(C)c(C)cc2Br)C1=O)CC. The number of rotatable bonds is 4. The molecule has 1 aliphatic heterocycles. The van der Waals surface area contributed by atoms with Gasteiger partial charge in [-0.2, -0.15) is 0 Å². The van der Waals surface area contributed by atoms with Crippen molar-refractivity contribution in [2.45, 2.75) is 27.7 Å². The Morgan fingerprint density at radius 1 is 1.12 bits per heavy atom. The summed E-state index contributed by atoms with van der Waals surface area (Å²) in [5.74, 6) is -1.30. The van der Waals surface area contributed by atoms with Crippen LogP contribution in [0.5, 0.6) is 0 Å². The molecule has 0 radical (unpaired) electrons. The van der Waals surface area contributed by atoms with Crippen LogP contribution in [0.4, 0.5) is 10.5 Å². The zero-order valence-corrected chi connectivity index (χ0v) is 15.7. The van der Waals surface area contributed by atoms with Crippen LogP contribution in [0.2, 0.25) is 0 Å². The molecule has 1 aliphatic rings. The van der Waals surface area contributed by atoms with Gasteiger partial charge in [-0.1, -0.05) is 0 Å². The molecule has 1 aromatic carbocycles. The maximum absolute atomic E-state index is 12.8. The molecular weight excluding hydrogens is 374 g/mol. The third kappa shape index (κ3) is 3.36. The minimum Gasteiger partial charge on any atom is -0.377 e. The van der Waals surface area contributed by atoms with Crippen LogP contribution in [-0.2, 0) is 9.59 Å². The van der Waals surface area contributed by atoms with Crippen molar-refractivity contribution in [1.29, 1.82) is 0 Å². The monoisotopic (exact) mass is 393 g/mol. The van der Waals surface area contributed by atoms with Gasteiger partial charge in [-0.15, -0.1) is 0 Å². The van der Waals surface area contributed by atoms with Crippen molar-refractivity contribution in [1.82, 2.24) is 10.2 Å². The lowest BCUT2D eigenvalue weighted by Gasteiger charge is -2.28. The number of amides is 4. The molecule has 4 amide bonds. The summed E-state index contributed by atoms with van der Waals surface area (Å²) in [6.07, 6.45) is 1.51. The Bertz CT molecular complexity index is 739. The molecule has 6 nitrogen and oxygen atoms in total. The number of carbonyl (C=O) groups excluding carboxylic acids is 3. The van der Waals surface area contributed by atoms with Gasteiger partial charge in [-0.3, -0.25) is 14.9 Å². The fourth-order valence-electron chi connectivity index (χ4n) is 2.39. The van der Waals surface area contributed by atoms with Gasteiger partial charge in [0.2, 0.25) is 0 Å². The van der Waals surface area contributed by atoms with E-state index in [1.807, 2.05) is 38.7 Å². The molecule has 0 aromatic heterocycles. The van der Waals surface area contributed by atoms with E-state index in [4.69, 9.17) is 0 Å². The van der Waals surface area contributed by atoms with Gasteiger partial charge >= 0.3 is 6.03 Å². The Hall–Kier alpha value is -2.15. The predicted molar refractivity (Wildman–Crippen MR) is 95.6 cm³/mol. The summed E-state index contributed by atoms with van der Waals surface area (Å²) in [5, 5.41) is 2.23. The van der Waals surface area contributed by atoms with E-state index in [0.29, 0.717) is 23.2 Å². The fourth-order valence-corrected chi connectivity index (χ4v) is 3.02. The third-order valence-corrected chi connectivity index (χ3v) is 4.66. The third-order valence-electron chi connectivity index (χ3n) is 4.03. The summed E-state index contributed by atoms with van der Waals surface area (Å²) < 4.78 is 0.616. The predicted octanol–water partition coefficient (Wildman–Crippen LogP) is 2.87. The summed E-state index contributed by atoms with van der Waals surface area (Å²) in [4.78, 5) is 39.9. The van der Waals surface area contributed by atoms with Crippen LogP contribution >= 0.6 is 15.9 Å². The van der Waals surface area contributed by atoms with E-state index in [1.54, 1.807) is 6.07 Å². The molecule has 0 aliphatic carbocycles. The van der Waals surface area contributed by atoms with Gasteiger partial charge in [-0.25, -0.2) is 9.69 Å². The zero-order chi connectivity index (χ0) is 18.0. The number of hydrogen-bond donors (Lipinski definition) is 1. The lowest BCUT2D eigenvalue weighted by atomic mass is 10.1. The van der Waals surface area contributed by atoms with Crippen molar-refractivity contribution in [3.8, 4) is 0 Å². The summed E-state index contributed by atoms with van der Waals surface area (Å²) in [5.41, 5.74) is 2.34. The molecule has 0 atom stereocenters. The molecule has 1 N–H and O–H groups in total. The van der Waals surface area contributed by atoms with Crippen LogP contribution in [-0.4, -0.2) is 35.8 Å². The molecule has 0 saturated carbocycles. The van der Waals surface area contributed by atoms with Gasteiger partial charge in [0.25, 0.3) is 11.8 Å². The first-order valence-corrected chi connectivity index (χ1v) is 8.51. The Morgan fingerprint density at radius 3 is 2.29 bits per heavy atom. The minimum atomic E-state index is -0.745. The number of nitrogens with one attached hydrogen (secondary N) is 1. The number of hydrogen-bond acceptors (Lipinski definition) is 4. The molecule has 128 valence electrons. The van der Waals surface area contributed by atoms with Crippen molar-refractivity contribution in [3.63, 3.8) is 0 Å². The molecule has 0 bridgehead atoms. The maximum atomic E-state index is 12.8. The van der Waals surface area contributed by atoms with Gasteiger partial charge in [0.05, 0.1) is 5.69 Å². The molecule has 1 aromatic rings. The van der Waals surface area contributed by atoms with E-state index < -0.39 is 17.8 Å². The second-order valence-electron chi connectivity index (χ2n) is 5.55. The Balaban J connectivity index is 2.51. The molecule has 2 rings (SSSR count). The Morgan fingerprint density at radius 2 is 1.71 bits per heavy atom. The summed E-state index contributed by atoms with van der Waals surface area (Å²) in [6.45, 7) is 9.00. The number of halogens is 1. The van der Waals surface area contributed by atoms with E-state index in [1.165, 1.54) is 6.20 Å². The van der Waals surface area contributed by atoms with Crippen molar-refractivity contribution >= 4 is 39.5 Å². The van der Waals surface area contributed by atoms with Crippen LogP contribution in [0.3, 0.4) is 0 Å². The quantitative estimate of drug-likeness (QED) is 0.630. The standard InChI is InChI=1S/C17H20BrN3O3/c1-5-20(6-2)9-12-15(22)19-17(24)21(16(12)23)14-8-11(4)10(3)7-13(14)18/h7-9H,5-6H2,1-4H3,(H,19,22,24)/b12-9-. The molecular formula is C17H20BrN3O3. The van der Waals surface area contributed by atoms with E-state index >= 15 is 0 Å². The normalized spacial score (nSPS) is 16.6. The maximum Gasteiger partial charge on any atom is 0.335 e. The van der Waals surface area contributed by atoms with Crippen molar-refractivity contribution in [2.75, 3.05) is 18.0 Å². The van der Waals surface area contributed by atoms with Crippen LogP contribution in [0.25, 0.3) is 0 Å². The van der Waals surface area contributed by atoms with Crippen molar-refractivity contribution in [3.05, 3.63) is 39.5 Å². The molecule has 0 spiro atoms. The number of benzene rings is 1. The first-order chi connectivity index (χ1) is 11.3. The minimum absolute atomic E-state index is 0.0524. The highest BCUT2D eigenvalue weighted by Gasteiger charge is 2.38. The number of nitrogens with zero attached hydrogens (tertiary/aromatic N) is 2. The van der Waals surface area contributed by atoms with Crippen LogP contribution in [0.1, 0.15) is 25.0 Å². The molecule has 7 heteroatoms. The van der Waals surface area contributed by atoms with E-state index in [0.717, 1.165) is 16.0 Å². The topological polar surface area (TPSA) is 69.7 Å². The highest BCUT2D eigenvalue weighted by molar-refractivity contribution is 9.10. The number of aryl methyl sites for hydroxylation is 2. The Kier molecular flexibility index (Phi) is 5.43. The van der Waals surface area contributed by atoms with Crippen molar-refractivity contribution < 1.29 is 14.4 Å². The van der Waals surface area contributed by atoms with Gasteiger partial charge in [-0.05, 0) is 66.9 Å². The highest BCUT2D eigenvalue weighted by Crippen LogP contribution is 2.31. The number of anilines is 1. The lowest BCUT2D eigenvalue weighted by molar-refractivity contribution is -0.122. The van der Waals surface area contributed by atoms with Crippen molar-refractivity contribution in [2.24, 2.45) is 0 Å². The van der Waals surface area contributed by atoms with E-state index in [9.17, 15) is 14.4 Å². The average Bonchev–Trinajstić information content (AvgIpc) is 2.52. The number of imide groups is 2. The lowest BCUT2D eigenvalue weighted by Crippen LogP contribution is -2.55. The van der Waals surface area contributed by atoms with Crippen LogP contribution < -0.4 is 10.2 Å². The summed E-state index contributed by atoms with van der Waals surface area (Å²) in [7, 11) is 0. The van der Waals surface area contributed by atoms with Gasteiger partial charge in [0.15, 0.2) is 0 Å². The molecule has 24 heavy (non-hydrogen) atoms. The van der Waals surface area contributed by atoms with Crippen LogP contribution in [0, 0.1) is 13.8 Å². The number of carbonyl (C=O) groups is 3. The van der Waals surface area contributed by atoms with Crippen LogP contribution in [0.15, 0.2) is 28.4 Å². The fraction of sp³-hybridized carbons (Fsp3) is 0.353. The number of barbiturate groups is 1. The first kappa shape index (κ1) is 18.2. The zero-order valence-electron chi connectivity index (χ0n) is 14.1. The summed E-state index contributed by atoms with van der Waals surface area (Å²) >= 11 is 3.40.